The summed E-state index contributed by atoms with van der Waals surface area (Å²) in [5.41, 5.74) is 2.48. The van der Waals surface area contributed by atoms with Gasteiger partial charge in [-0.1, -0.05) is 24.3 Å². The largest absolute Gasteiger partial charge is 0.506 e. The molecule has 0 aliphatic carbocycles. The van der Waals surface area contributed by atoms with Crippen LogP contribution in [0.15, 0.2) is 54.5 Å². The molecule has 1 atom stereocenters. The third-order valence-electron chi connectivity index (χ3n) is 4.85. The summed E-state index contributed by atoms with van der Waals surface area (Å²) in [7, 11) is -3.97. The van der Waals surface area contributed by atoms with Gasteiger partial charge in [-0.2, -0.15) is 8.42 Å². The standard InChI is InChI=1S/C19H19N3O5S/c23-17-10-12(5-8-16(17)22-11-18(24)21-28(22,26)27)9-14-7-6-13-3-1-2-4-15(13)19(25)20-14/h1-5,8,10-11,14,21,23-24H,6-7,9H2,(H,20,25)/t14-/m1/s1. The third kappa shape index (κ3) is 3.36. The lowest BCUT2D eigenvalue weighted by atomic mass is 9.99. The minimum atomic E-state index is -3.97. The van der Waals surface area contributed by atoms with Crippen LogP contribution in [-0.4, -0.2) is 30.6 Å². The number of phenolic OH excluding ortho intramolecular Hbond substituents is 1. The number of amides is 1. The van der Waals surface area contributed by atoms with E-state index < -0.39 is 16.1 Å². The Morgan fingerprint density at radius 1 is 1.14 bits per heavy atom. The Morgan fingerprint density at radius 3 is 2.64 bits per heavy atom. The van der Waals surface area contributed by atoms with Crippen LogP contribution in [0.2, 0.25) is 0 Å². The van der Waals surface area contributed by atoms with E-state index in [-0.39, 0.29) is 23.4 Å². The van der Waals surface area contributed by atoms with Crippen LogP contribution in [0, 0.1) is 0 Å². The third-order valence-corrected chi connectivity index (χ3v) is 6.14. The highest BCUT2D eigenvalue weighted by atomic mass is 32.2. The number of hydrogen-bond donors (Lipinski definition) is 4. The fourth-order valence-corrected chi connectivity index (χ4v) is 4.60. The van der Waals surface area contributed by atoms with Gasteiger partial charge >= 0.3 is 10.2 Å². The molecule has 0 saturated heterocycles. The SMILES string of the molecule is O=C1N[C@@H](Cc2ccc(N3C=C(O)NS3(=O)=O)c(O)c2)CCc2ccccc21. The van der Waals surface area contributed by atoms with Crippen molar-refractivity contribution in [1.82, 2.24) is 10.0 Å². The number of aliphatic hydroxyl groups is 1. The maximum absolute atomic E-state index is 12.4. The highest BCUT2D eigenvalue weighted by Gasteiger charge is 2.30. The molecular formula is C19H19N3O5S. The van der Waals surface area contributed by atoms with Crippen LogP contribution in [0.3, 0.4) is 0 Å². The molecule has 146 valence electrons. The summed E-state index contributed by atoms with van der Waals surface area (Å²) in [6.45, 7) is 0. The lowest BCUT2D eigenvalue weighted by molar-refractivity contribution is 0.0939. The van der Waals surface area contributed by atoms with Gasteiger partial charge in [0.25, 0.3) is 5.91 Å². The van der Waals surface area contributed by atoms with Crippen molar-refractivity contribution in [3.63, 3.8) is 0 Å². The van der Waals surface area contributed by atoms with Crippen LogP contribution in [0.5, 0.6) is 5.75 Å². The van der Waals surface area contributed by atoms with Crippen molar-refractivity contribution in [3.05, 3.63) is 71.2 Å². The van der Waals surface area contributed by atoms with Crippen molar-refractivity contribution in [2.24, 2.45) is 0 Å². The van der Waals surface area contributed by atoms with Gasteiger partial charge in [-0.15, -0.1) is 0 Å². The van der Waals surface area contributed by atoms with Gasteiger partial charge in [-0.25, -0.2) is 9.03 Å². The normalized spacial score (nSPS) is 20.6. The molecule has 2 aliphatic rings. The topological polar surface area (TPSA) is 119 Å². The van der Waals surface area contributed by atoms with E-state index in [9.17, 15) is 23.4 Å². The van der Waals surface area contributed by atoms with Crippen LogP contribution in [0.1, 0.15) is 27.9 Å². The number of aliphatic hydroxyl groups excluding tert-OH is 1. The zero-order valence-corrected chi connectivity index (χ0v) is 15.6. The van der Waals surface area contributed by atoms with Gasteiger partial charge < -0.3 is 15.5 Å². The molecule has 4 rings (SSSR count). The highest BCUT2D eigenvalue weighted by molar-refractivity contribution is 7.91. The maximum atomic E-state index is 12.4. The molecule has 0 fully saturated rings. The summed E-state index contributed by atoms with van der Waals surface area (Å²) in [4.78, 5) is 12.4. The average Bonchev–Trinajstić information content (AvgIpc) is 2.81. The first-order valence-electron chi connectivity index (χ1n) is 8.77. The minimum absolute atomic E-state index is 0.0256. The Morgan fingerprint density at radius 2 is 1.93 bits per heavy atom. The number of rotatable bonds is 3. The Balaban J connectivity index is 1.52. The lowest BCUT2D eigenvalue weighted by Gasteiger charge is -2.18. The number of nitrogens with zero attached hydrogens (tertiary/aromatic N) is 1. The molecule has 8 nitrogen and oxygen atoms in total. The Hall–Kier alpha value is -3.20. The first-order valence-corrected chi connectivity index (χ1v) is 10.2. The first-order chi connectivity index (χ1) is 13.3. The second-order valence-corrected chi connectivity index (χ2v) is 8.36. The van der Waals surface area contributed by atoms with Crippen LogP contribution in [0.25, 0.3) is 0 Å². The number of carbonyl (C=O) groups is 1. The number of fused-ring (bicyclic) bond motifs is 1. The van der Waals surface area contributed by atoms with Gasteiger partial charge in [0.15, 0.2) is 0 Å². The van der Waals surface area contributed by atoms with E-state index in [4.69, 9.17) is 0 Å². The van der Waals surface area contributed by atoms with Crippen LogP contribution in [0.4, 0.5) is 5.69 Å². The van der Waals surface area contributed by atoms with Crippen LogP contribution < -0.4 is 14.3 Å². The van der Waals surface area contributed by atoms with Gasteiger partial charge in [-0.3, -0.25) is 4.79 Å². The fraction of sp³-hybridized carbons (Fsp3) is 0.211. The van der Waals surface area contributed by atoms with Crippen LogP contribution >= 0.6 is 0 Å². The first kappa shape index (κ1) is 18.2. The molecule has 0 radical (unpaired) electrons. The maximum Gasteiger partial charge on any atom is 0.330 e. The Kier molecular flexibility index (Phi) is 4.38. The number of anilines is 1. The van der Waals surface area contributed by atoms with E-state index in [0.717, 1.165) is 34.5 Å². The van der Waals surface area contributed by atoms with E-state index in [1.807, 2.05) is 22.9 Å². The summed E-state index contributed by atoms with van der Waals surface area (Å²) in [5.74, 6) is -0.880. The summed E-state index contributed by atoms with van der Waals surface area (Å²) >= 11 is 0. The number of nitrogens with one attached hydrogen (secondary N) is 2. The van der Waals surface area contributed by atoms with Gasteiger partial charge in [0.05, 0.1) is 6.20 Å². The Labute approximate surface area is 162 Å². The van der Waals surface area contributed by atoms with Gasteiger partial charge in [0.1, 0.15) is 11.4 Å². The van der Waals surface area contributed by atoms with E-state index >= 15 is 0 Å². The van der Waals surface area contributed by atoms with E-state index in [2.05, 4.69) is 5.32 Å². The molecule has 9 heteroatoms. The van der Waals surface area contributed by atoms with Crippen molar-refractivity contribution >= 4 is 21.8 Å². The Bertz CT molecular complexity index is 1080. The molecule has 2 aromatic rings. The zero-order valence-electron chi connectivity index (χ0n) is 14.8. The molecule has 28 heavy (non-hydrogen) atoms. The monoisotopic (exact) mass is 401 g/mol. The number of benzene rings is 2. The van der Waals surface area contributed by atoms with Crippen molar-refractivity contribution in [1.29, 1.82) is 0 Å². The molecule has 1 amide bonds. The minimum Gasteiger partial charge on any atom is -0.506 e. The summed E-state index contributed by atoms with van der Waals surface area (Å²) in [6.07, 6.45) is 3.00. The molecule has 0 unspecified atom stereocenters. The molecule has 2 aliphatic heterocycles. The molecule has 0 spiro atoms. The molecule has 0 bridgehead atoms. The summed E-state index contributed by atoms with van der Waals surface area (Å²) in [6, 6.07) is 12.0. The fourth-order valence-electron chi connectivity index (χ4n) is 3.53. The van der Waals surface area contributed by atoms with E-state index in [1.165, 1.54) is 12.1 Å². The second-order valence-electron chi connectivity index (χ2n) is 6.81. The molecule has 0 aromatic heterocycles. The van der Waals surface area contributed by atoms with Gasteiger partial charge in [0, 0.05) is 11.6 Å². The summed E-state index contributed by atoms with van der Waals surface area (Å²) < 4.78 is 26.6. The van der Waals surface area contributed by atoms with Crippen LogP contribution in [-0.2, 0) is 23.1 Å². The number of hydrogen-bond acceptors (Lipinski definition) is 5. The van der Waals surface area contributed by atoms with Crippen molar-refractivity contribution < 1.29 is 23.4 Å². The molecule has 2 heterocycles. The molecule has 0 saturated carbocycles. The molecule has 2 aromatic carbocycles. The number of aryl methyl sites for hydroxylation is 1. The number of carbonyl (C=O) groups excluding carboxylic acids is 1. The van der Waals surface area contributed by atoms with Crippen molar-refractivity contribution in [3.8, 4) is 5.75 Å². The number of phenols is 1. The highest BCUT2D eigenvalue weighted by Crippen LogP contribution is 2.33. The van der Waals surface area contributed by atoms with E-state index in [1.54, 1.807) is 12.1 Å². The lowest BCUT2D eigenvalue weighted by Crippen LogP contribution is -2.35. The van der Waals surface area contributed by atoms with E-state index in [0.29, 0.717) is 12.0 Å². The van der Waals surface area contributed by atoms with Crippen molar-refractivity contribution in [2.45, 2.75) is 25.3 Å². The predicted molar refractivity (Wildman–Crippen MR) is 103 cm³/mol. The molecular weight excluding hydrogens is 382 g/mol. The average molecular weight is 401 g/mol. The second kappa shape index (κ2) is 6.75. The smallest absolute Gasteiger partial charge is 0.330 e. The predicted octanol–water partition coefficient (Wildman–Crippen LogP) is 1.69. The summed E-state index contributed by atoms with van der Waals surface area (Å²) in [5, 5.41) is 22.7. The quantitative estimate of drug-likeness (QED) is 0.624. The zero-order chi connectivity index (χ0) is 19.9. The van der Waals surface area contributed by atoms with Gasteiger partial charge in [-0.05, 0) is 48.6 Å². The number of aromatic hydroxyl groups is 1. The van der Waals surface area contributed by atoms with Crippen molar-refractivity contribution in [2.75, 3.05) is 4.31 Å². The van der Waals surface area contributed by atoms with Gasteiger partial charge in [0.2, 0.25) is 5.88 Å². The molecule has 4 N–H and O–H groups in total.